The normalized spacial score (nSPS) is 17.2. The van der Waals surface area contributed by atoms with E-state index in [1.165, 1.54) is 19.0 Å². The lowest BCUT2D eigenvalue weighted by atomic mass is 9.82. The molecule has 51 heavy (non-hydrogen) atoms. The van der Waals surface area contributed by atoms with Gasteiger partial charge < -0.3 is 25.7 Å². The van der Waals surface area contributed by atoms with Crippen LogP contribution in [0.3, 0.4) is 0 Å². The van der Waals surface area contributed by atoms with Crippen LogP contribution in [0.25, 0.3) is 0 Å². The van der Waals surface area contributed by atoms with Crippen molar-refractivity contribution in [3.8, 4) is 24.7 Å². The molecular weight excluding hydrogens is 661 g/mol. The van der Waals surface area contributed by atoms with Crippen molar-refractivity contribution in [3.05, 3.63) is 35.9 Å². The average Bonchev–Trinajstić information content (AvgIpc) is 3.09. The fourth-order valence-electron chi connectivity index (χ4n) is 6.61. The Morgan fingerprint density at radius 1 is 1.00 bits per heavy atom. The number of hydrogen-bond donors (Lipinski definition) is 4. The highest BCUT2D eigenvalue weighted by Gasteiger charge is 2.36. The molecular formula is C39H57F3N4O5. The van der Waals surface area contributed by atoms with Crippen molar-refractivity contribution in [1.82, 2.24) is 20.4 Å². The summed E-state index contributed by atoms with van der Waals surface area (Å²) in [5.41, 5.74) is 0.775. The van der Waals surface area contributed by atoms with Gasteiger partial charge in [-0.2, -0.15) is 13.2 Å². The summed E-state index contributed by atoms with van der Waals surface area (Å²) in [4.78, 5) is 43.7. The Morgan fingerprint density at radius 2 is 1.67 bits per heavy atom. The Labute approximate surface area is 302 Å². The van der Waals surface area contributed by atoms with Gasteiger partial charge in [0, 0.05) is 38.9 Å². The zero-order valence-corrected chi connectivity index (χ0v) is 30.3. The summed E-state index contributed by atoms with van der Waals surface area (Å²) in [5.74, 6) is 2.10. The van der Waals surface area contributed by atoms with E-state index in [-0.39, 0.29) is 38.3 Å². The molecule has 0 aromatic heterocycles. The molecule has 4 N–H and O–H groups in total. The maximum Gasteiger partial charge on any atom is 0.401 e. The van der Waals surface area contributed by atoms with Crippen LogP contribution in [-0.4, -0.2) is 102 Å². The van der Waals surface area contributed by atoms with Gasteiger partial charge in [-0.1, -0.05) is 69.4 Å². The highest BCUT2D eigenvalue weighted by Crippen LogP contribution is 2.29. The van der Waals surface area contributed by atoms with E-state index in [2.05, 4.69) is 22.5 Å². The lowest BCUT2D eigenvalue weighted by Gasteiger charge is -2.34. The minimum Gasteiger partial charge on any atom is -0.390 e. The molecule has 0 bridgehead atoms. The average molecular weight is 719 g/mol. The molecule has 0 radical (unpaired) electrons. The van der Waals surface area contributed by atoms with Crippen molar-refractivity contribution < 1.29 is 37.8 Å². The van der Waals surface area contributed by atoms with Crippen LogP contribution < -0.4 is 10.6 Å². The number of nitrogens with one attached hydrogen (secondary N) is 2. The number of halogens is 3. The number of rotatable bonds is 21. The number of hydrogen-bond acceptors (Lipinski definition) is 6. The van der Waals surface area contributed by atoms with Crippen LogP contribution in [0.1, 0.15) is 83.1 Å². The number of amides is 3. The molecule has 1 saturated carbocycles. The predicted molar refractivity (Wildman–Crippen MR) is 192 cm³/mol. The van der Waals surface area contributed by atoms with E-state index in [9.17, 15) is 37.8 Å². The van der Waals surface area contributed by atoms with E-state index in [1.54, 1.807) is 19.1 Å². The van der Waals surface area contributed by atoms with Crippen LogP contribution in [0.15, 0.2) is 30.3 Å². The summed E-state index contributed by atoms with van der Waals surface area (Å²) in [7, 11) is 2.79. The molecule has 9 nitrogen and oxygen atoms in total. The number of alkyl halides is 3. The molecule has 1 aromatic carbocycles. The lowest BCUT2D eigenvalue weighted by molar-refractivity contribution is -0.144. The summed E-state index contributed by atoms with van der Waals surface area (Å²) < 4.78 is 38.4. The van der Waals surface area contributed by atoms with Crippen LogP contribution >= 0.6 is 0 Å². The van der Waals surface area contributed by atoms with Crippen molar-refractivity contribution >= 4 is 17.7 Å². The number of nitrogens with zero attached hydrogens (tertiary/aromatic N) is 2. The Balaban J connectivity index is 2.29. The van der Waals surface area contributed by atoms with Crippen LogP contribution in [0.2, 0.25) is 0 Å². The molecule has 0 saturated heterocycles. The van der Waals surface area contributed by atoms with E-state index in [4.69, 9.17) is 12.8 Å². The third-order valence-electron chi connectivity index (χ3n) is 9.71. The fraction of sp³-hybridized carbons (Fsp3) is 0.667. The zero-order valence-electron chi connectivity index (χ0n) is 30.3. The molecule has 0 heterocycles. The second-order valence-electron chi connectivity index (χ2n) is 13.9. The minimum atomic E-state index is -4.37. The van der Waals surface area contributed by atoms with Crippen molar-refractivity contribution in [2.45, 2.75) is 114 Å². The van der Waals surface area contributed by atoms with Crippen LogP contribution in [-0.2, 0) is 20.8 Å². The molecule has 1 aliphatic carbocycles. The summed E-state index contributed by atoms with van der Waals surface area (Å²) in [5, 5.41) is 27.8. The highest BCUT2D eigenvalue weighted by molar-refractivity contribution is 5.91. The molecule has 2 rings (SSSR count). The quantitative estimate of drug-likeness (QED) is 0.111. The van der Waals surface area contributed by atoms with E-state index >= 15 is 0 Å². The summed E-state index contributed by atoms with van der Waals surface area (Å²) in [6.07, 6.45) is 11.4. The van der Waals surface area contributed by atoms with Gasteiger partial charge in [-0.05, 0) is 50.6 Å². The SMILES string of the molecule is C#CCCC[C@H](O)[C@H](O)[C@H](CC1CCCCC1)NC(=O)[C@@H](NC(=O)[C@@H](CC(=O)N(C)CCN(C)CC(F)(F)F)Cc1ccccc1)C(C#C)CC. The summed E-state index contributed by atoms with van der Waals surface area (Å²) in [6, 6.07) is 7.04. The maximum absolute atomic E-state index is 14.0. The number of likely N-dealkylation sites (N-methyl/N-ethyl adjacent to an activating group) is 2. The third kappa shape index (κ3) is 16.1. The molecule has 12 heteroatoms. The largest absolute Gasteiger partial charge is 0.401 e. The standard InChI is InChI=1S/C39H57F3N4O5/c1-6-9-12-21-33(47)36(49)32(25-29-19-15-11-16-20-29)43-38(51)35(30(7-2)8-3)44-37(50)31(24-28-17-13-10-14-18-28)26-34(48)46(5)23-22-45(4)27-39(40,41)42/h1-2,10,13-14,17-18,29-33,35-36,47,49H,8-9,11-12,15-16,19-27H2,3-5H3,(H,43,51)(H,44,50)/t30?,31-,32+,33+,35+,36-/m1/s1. The maximum atomic E-state index is 14.0. The number of carbonyl (C=O) groups excluding carboxylic acids is 3. The van der Waals surface area contributed by atoms with Crippen molar-refractivity contribution in [2.75, 3.05) is 33.7 Å². The number of aliphatic hydroxyl groups is 2. The van der Waals surface area contributed by atoms with E-state index in [0.717, 1.165) is 42.6 Å². The van der Waals surface area contributed by atoms with Gasteiger partial charge in [0.05, 0.1) is 30.7 Å². The second-order valence-corrected chi connectivity index (χ2v) is 13.9. The molecule has 284 valence electrons. The van der Waals surface area contributed by atoms with E-state index in [0.29, 0.717) is 25.7 Å². The van der Waals surface area contributed by atoms with E-state index < -0.39 is 66.6 Å². The second kappa shape index (κ2) is 22.4. The highest BCUT2D eigenvalue weighted by atomic mass is 19.4. The van der Waals surface area contributed by atoms with Crippen LogP contribution in [0.5, 0.6) is 0 Å². The van der Waals surface area contributed by atoms with Gasteiger partial charge in [-0.3, -0.25) is 19.3 Å². The lowest BCUT2D eigenvalue weighted by Crippen LogP contribution is -2.57. The number of aliphatic hydroxyl groups excluding tert-OH is 2. The monoisotopic (exact) mass is 718 g/mol. The molecule has 1 fully saturated rings. The molecule has 1 aliphatic rings. The van der Waals surface area contributed by atoms with Gasteiger partial charge in [-0.25, -0.2) is 0 Å². The number of benzene rings is 1. The number of carbonyl (C=O) groups is 3. The smallest absolute Gasteiger partial charge is 0.390 e. The molecule has 3 amide bonds. The Bertz CT molecular complexity index is 1290. The fourth-order valence-corrected chi connectivity index (χ4v) is 6.61. The van der Waals surface area contributed by atoms with Gasteiger partial charge in [-0.15, -0.1) is 24.7 Å². The first-order chi connectivity index (χ1) is 24.2. The molecule has 0 aliphatic heterocycles. The van der Waals surface area contributed by atoms with Crippen LogP contribution in [0, 0.1) is 42.4 Å². The first-order valence-electron chi connectivity index (χ1n) is 18.1. The Morgan fingerprint density at radius 3 is 2.25 bits per heavy atom. The van der Waals surface area contributed by atoms with Gasteiger partial charge in [0.25, 0.3) is 0 Å². The number of unbranched alkanes of at least 4 members (excludes halogenated alkanes) is 1. The predicted octanol–water partition coefficient (Wildman–Crippen LogP) is 4.31. The summed E-state index contributed by atoms with van der Waals surface area (Å²) in [6.45, 7) is 0.668. The molecule has 1 aromatic rings. The molecule has 0 spiro atoms. The van der Waals surface area contributed by atoms with Gasteiger partial charge in [0.15, 0.2) is 0 Å². The van der Waals surface area contributed by atoms with Gasteiger partial charge >= 0.3 is 6.18 Å². The first kappa shape index (κ1) is 43.6. The minimum absolute atomic E-state index is 0.0183. The zero-order chi connectivity index (χ0) is 38.0. The van der Waals surface area contributed by atoms with Crippen molar-refractivity contribution in [1.29, 1.82) is 0 Å². The van der Waals surface area contributed by atoms with Crippen molar-refractivity contribution in [2.24, 2.45) is 17.8 Å². The molecule has 6 atom stereocenters. The van der Waals surface area contributed by atoms with Gasteiger partial charge in [0.1, 0.15) is 6.04 Å². The first-order valence-corrected chi connectivity index (χ1v) is 18.1. The Hall–Kier alpha value is -3.58. The summed E-state index contributed by atoms with van der Waals surface area (Å²) >= 11 is 0. The molecule has 1 unspecified atom stereocenters. The Kier molecular flexibility index (Phi) is 19.1. The van der Waals surface area contributed by atoms with Crippen molar-refractivity contribution in [3.63, 3.8) is 0 Å². The third-order valence-corrected chi connectivity index (χ3v) is 9.71. The topological polar surface area (TPSA) is 122 Å². The van der Waals surface area contributed by atoms with Crippen LogP contribution in [0.4, 0.5) is 13.2 Å². The van der Waals surface area contributed by atoms with E-state index in [1.807, 2.05) is 18.2 Å². The van der Waals surface area contributed by atoms with Gasteiger partial charge in [0.2, 0.25) is 17.7 Å². The number of terminal acetylenes is 2.